The van der Waals surface area contributed by atoms with E-state index in [9.17, 15) is 4.79 Å². The summed E-state index contributed by atoms with van der Waals surface area (Å²) < 4.78 is 4.51. The predicted molar refractivity (Wildman–Crippen MR) is 55.2 cm³/mol. The summed E-state index contributed by atoms with van der Waals surface area (Å²) in [4.78, 5) is 13.3. The molecule has 0 spiro atoms. The number of amides is 1. The van der Waals surface area contributed by atoms with Crippen LogP contribution in [0.5, 0.6) is 0 Å². The van der Waals surface area contributed by atoms with Gasteiger partial charge in [-0.1, -0.05) is 6.92 Å². The van der Waals surface area contributed by atoms with Crippen LogP contribution in [0.15, 0.2) is 0 Å². The fourth-order valence-corrected chi connectivity index (χ4v) is 1.80. The number of hydrogen-bond donors (Lipinski definition) is 1. The number of nitrogens with zero attached hydrogens (tertiary/aromatic N) is 1. The van der Waals surface area contributed by atoms with Crippen LogP contribution in [0.2, 0.25) is 0 Å². The number of alkyl carbamates (subject to hydrolysis) is 1. The zero-order chi connectivity index (χ0) is 10.4. The third-order valence-electron chi connectivity index (χ3n) is 2.55. The molecule has 0 aromatic carbocycles. The molecule has 82 valence electrons. The zero-order valence-electron chi connectivity index (χ0n) is 9.08. The first-order chi connectivity index (χ1) is 6.72. The van der Waals surface area contributed by atoms with Gasteiger partial charge >= 0.3 is 6.09 Å². The average Bonchev–Trinajstić information content (AvgIpc) is 2.66. The molecule has 4 heteroatoms. The van der Waals surface area contributed by atoms with E-state index in [2.05, 4.69) is 21.9 Å². The van der Waals surface area contributed by atoms with E-state index in [1.54, 1.807) is 0 Å². The highest BCUT2D eigenvalue weighted by molar-refractivity contribution is 5.66. The van der Waals surface area contributed by atoms with E-state index in [-0.39, 0.29) is 6.09 Å². The maximum absolute atomic E-state index is 10.8. The van der Waals surface area contributed by atoms with Crippen molar-refractivity contribution in [1.82, 2.24) is 10.2 Å². The highest BCUT2D eigenvalue weighted by Crippen LogP contribution is 2.09. The van der Waals surface area contributed by atoms with E-state index in [4.69, 9.17) is 0 Å². The molecule has 14 heavy (non-hydrogen) atoms. The van der Waals surface area contributed by atoms with Crippen molar-refractivity contribution in [3.63, 3.8) is 0 Å². The van der Waals surface area contributed by atoms with Crippen LogP contribution in [0.25, 0.3) is 0 Å². The number of methoxy groups -OCH3 is 1. The standard InChI is InChI=1S/C10H20N2O2/c1-9(7-11-10(13)14-2)8-12-5-3-4-6-12/h9H,3-8H2,1-2H3,(H,11,13). The van der Waals surface area contributed by atoms with Crippen LogP contribution < -0.4 is 5.32 Å². The third kappa shape index (κ3) is 3.96. The van der Waals surface area contributed by atoms with Gasteiger partial charge in [0.25, 0.3) is 0 Å². The zero-order valence-corrected chi connectivity index (χ0v) is 9.08. The molecule has 1 unspecified atom stereocenters. The Hall–Kier alpha value is -0.770. The van der Waals surface area contributed by atoms with E-state index in [1.807, 2.05) is 0 Å². The monoisotopic (exact) mass is 200 g/mol. The van der Waals surface area contributed by atoms with E-state index >= 15 is 0 Å². The maximum atomic E-state index is 10.8. The van der Waals surface area contributed by atoms with Gasteiger partial charge in [0.1, 0.15) is 0 Å². The Labute approximate surface area is 85.6 Å². The SMILES string of the molecule is COC(=O)NCC(C)CN1CCCC1. The van der Waals surface area contributed by atoms with E-state index in [1.165, 1.54) is 33.0 Å². The van der Waals surface area contributed by atoms with Gasteiger partial charge in [0.15, 0.2) is 0 Å². The van der Waals surface area contributed by atoms with Crippen molar-refractivity contribution < 1.29 is 9.53 Å². The van der Waals surface area contributed by atoms with Crippen molar-refractivity contribution in [2.24, 2.45) is 5.92 Å². The van der Waals surface area contributed by atoms with E-state index in [0.717, 1.165) is 6.54 Å². The molecule has 1 saturated heterocycles. The number of hydrogen-bond acceptors (Lipinski definition) is 3. The number of likely N-dealkylation sites (tertiary alicyclic amines) is 1. The Morgan fingerprint density at radius 1 is 1.50 bits per heavy atom. The lowest BCUT2D eigenvalue weighted by molar-refractivity contribution is 0.167. The summed E-state index contributed by atoms with van der Waals surface area (Å²) in [6.45, 7) is 6.34. The lowest BCUT2D eigenvalue weighted by Crippen LogP contribution is -2.34. The smallest absolute Gasteiger partial charge is 0.406 e. The largest absolute Gasteiger partial charge is 0.453 e. The Bertz CT molecular complexity index is 179. The molecule has 1 N–H and O–H groups in total. The summed E-state index contributed by atoms with van der Waals surface area (Å²) in [7, 11) is 1.39. The Balaban J connectivity index is 2.08. The molecule has 0 aromatic heterocycles. The minimum atomic E-state index is -0.335. The van der Waals surface area contributed by atoms with Gasteiger partial charge in [0.2, 0.25) is 0 Å². The number of nitrogens with one attached hydrogen (secondary N) is 1. The van der Waals surface area contributed by atoms with Crippen molar-refractivity contribution in [2.45, 2.75) is 19.8 Å². The summed E-state index contributed by atoms with van der Waals surface area (Å²) in [6.07, 6.45) is 2.30. The summed E-state index contributed by atoms with van der Waals surface area (Å²) in [6, 6.07) is 0. The lowest BCUT2D eigenvalue weighted by Gasteiger charge is -2.20. The molecule has 4 nitrogen and oxygen atoms in total. The topological polar surface area (TPSA) is 41.6 Å². The number of ether oxygens (including phenoxy) is 1. The van der Waals surface area contributed by atoms with Gasteiger partial charge in [-0.2, -0.15) is 0 Å². The normalized spacial score (nSPS) is 19.3. The van der Waals surface area contributed by atoms with Crippen molar-refractivity contribution in [3.8, 4) is 0 Å². The van der Waals surface area contributed by atoms with E-state index in [0.29, 0.717) is 12.5 Å². The summed E-state index contributed by atoms with van der Waals surface area (Å²) in [5.41, 5.74) is 0. The third-order valence-corrected chi connectivity index (χ3v) is 2.55. The number of carbonyl (C=O) groups is 1. The molecule has 0 aliphatic carbocycles. The highest BCUT2D eigenvalue weighted by Gasteiger charge is 2.14. The van der Waals surface area contributed by atoms with Gasteiger partial charge in [-0.25, -0.2) is 4.79 Å². The van der Waals surface area contributed by atoms with Crippen LogP contribution >= 0.6 is 0 Å². The Kier molecular flexibility index (Phi) is 4.73. The minimum Gasteiger partial charge on any atom is -0.453 e. The second-order valence-corrected chi connectivity index (χ2v) is 3.99. The van der Waals surface area contributed by atoms with Gasteiger partial charge in [-0.3, -0.25) is 0 Å². The van der Waals surface area contributed by atoms with E-state index < -0.39 is 0 Å². The fraction of sp³-hybridized carbons (Fsp3) is 0.900. The van der Waals surface area contributed by atoms with Crippen molar-refractivity contribution >= 4 is 6.09 Å². The Morgan fingerprint density at radius 3 is 2.71 bits per heavy atom. The molecule has 0 bridgehead atoms. The Morgan fingerprint density at radius 2 is 2.14 bits per heavy atom. The molecule has 1 fully saturated rings. The molecule has 1 amide bonds. The number of rotatable bonds is 4. The van der Waals surface area contributed by atoms with Crippen LogP contribution in [-0.2, 0) is 4.74 Å². The molecule has 0 aromatic rings. The second kappa shape index (κ2) is 5.86. The molecule has 0 radical (unpaired) electrons. The fourth-order valence-electron chi connectivity index (χ4n) is 1.80. The predicted octanol–water partition coefficient (Wildman–Crippen LogP) is 1.07. The van der Waals surface area contributed by atoms with Gasteiger partial charge in [0.05, 0.1) is 7.11 Å². The van der Waals surface area contributed by atoms with Crippen LogP contribution in [0.4, 0.5) is 4.79 Å². The first-order valence-corrected chi connectivity index (χ1v) is 5.26. The van der Waals surface area contributed by atoms with Gasteiger partial charge in [0, 0.05) is 13.1 Å². The lowest BCUT2D eigenvalue weighted by atomic mass is 10.1. The second-order valence-electron chi connectivity index (χ2n) is 3.99. The van der Waals surface area contributed by atoms with Gasteiger partial charge < -0.3 is 15.0 Å². The summed E-state index contributed by atoms with van der Waals surface area (Å²) in [5.74, 6) is 0.493. The van der Waals surface area contributed by atoms with Crippen molar-refractivity contribution in [2.75, 3.05) is 33.3 Å². The molecule has 0 saturated carbocycles. The first-order valence-electron chi connectivity index (χ1n) is 5.26. The van der Waals surface area contributed by atoms with Crippen LogP contribution in [0.3, 0.4) is 0 Å². The number of carbonyl (C=O) groups excluding carboxylic acids is 1. The summed E-state index contributed by atoms with van der Waals surface area (Å²) >= 11 is 0. The minimum absolute atomic E-state index is 0.335. The quantitative estimate of drug-likeness (QED) is 0.738. The van der Waals surface area contributed by atoms with Gasteiger partial charge in [-0.05, 0) is 31.8 Å². The first kappa shape index (κ1) is 11.3. The summed E-state index contributed by atoms with van der Waals surface area (Å²) in [5, 5.41) is 2.72. The van der Waals surface area contributed by atoms with Gasteiger partial charge in [-0.15, -0.1) is 0 Å². The molecule has 1 aliphatic rings. The van der Waals surface area contributed by atoms with Crippen LogP contribution in [0.1, 0.15) is 19.8 Å². The molecule has 1 aliphatic heterocycles. The highest BCUT2D eigenvalue weighted by atomic mass is 16.5. The van der Waals surface area contributed by atoms with Crippen LogP contribution in [-0.4, -0.2) is 44.3 Å². The molecular formula is C10H20N2O2. The van der Waals surface area contributed by atoms with Crippen molar-refractivity contribution in [1.29, 1.82) is 0 Å². The molecule has 1 atom stereocenters. The molecule has 1 heterocycles. The van der Waals surface area contributed by atoms with Crippen molar-refractivity contribution in [3.05, 3.63) is 0 Å². The molecule has 1 rings (SSSR count). The maximum Gasteiger partial charge on any atom is 0.406 e. The molecular weight excluding hydrogens is 180 g/mol. The van der Waals surface area contributed by atoms with Crippen LogP contribution in [0, 0.1) is 5.92 Å². The average molecular weight is 200 g/mol.